The first-order valence-corrected chi connectivity index (χ1v) is 8.15. The van der Waals surface area contributed by atoms with Gasteiger partial charge in [-0.3, -0.25) is 4.90 Å². The fourth-order valence-electron chi connectivity index (χ4n) is 3.58. The predicted octanol–water partition coefficient (Wildman–Crippen LogP) is 1.87. The van der Waals surface area contributed by atoms with Gasteiger partial charge in [0.1, 0.15) is 5.75 Å². The molecule has 0 spiro atoms. The van der Waals surface area contributed by atoms with Crippen LogP contribution in [0.4, 0.5) is 0 Å². The lowest BCUT2D eigenvalue weighted by molar-refractivity contribution is 0.0918. The van der Waals surface area contributed by atoms with E-state index in [2.05, 4.69) is 40.2 Å². The molecule has 4 heteroatoms. The minimum absolute atomic E-state index is 0.517. The van der Waals surface area contributed by atoms with Gasteiger partial charge in [-0.05, 0) is 36.2 Å². The number of fused-ring (bicyclic) bond motifs is 1. The normalized spacial score (nSPS) is 23.8. The van der Waals surface area contributed by atoms with Gasteiger partial charge in [0, 0.05) is 45.3 Å². The van der Waals surface area contributed by atoms with Gasteiger partial charge in [-0.1, -0.05) is 13.0 Å². The molecule has 2 aliphatic rings. The third-order valence-electron chi connectivity index (χ3n) is 4.75. The summed E-state index contributed by atoms with van der Waals surface area (Å²) in [6.45, 7) is 10.3. The Balaban J connectivity index is 1.71. The average Bonchev–Trinajstić information content (AvgIpc) is 2.55. The molecule has 0 aromatic heterocycles. The Morgan fingerprint density at radius 3 is 2.76 bits per heavy atom. The van der Waals surface area contributed by atoms with E-state index in [9.17, 15) is 0 Å². The van der Waals surface area contributed by atoms with Crippen LogP contribution in [0.25, 0.3) is 0 Å². The summed E-state index contributed by atoms with van der Waals surface area (Å²) in [6, 6.07) is 7.06. The van der Waals surface area contributed by atoms with Crippen molar-refractivity contribution in [2.75, 3.05) is 46.4 Å². The van der Waals surface area contributed by atoms with Crippen LogP contribution in [0.1, 0.15) is 30.5 Å². The topological polar surface area (TPSA) is 27.7 Å². The molecular weight excluding hydrogens is 262 g/mol. The monoisotopic (exact) mass is 289 g/mol. The molecule has 0 amide bonds. The van der Waals surface area contributed by atoms with E-state index < -0.39 is 0 Å². The lowest BCUT2D eigenvalue weighted by Gasteiger charge is -2.41. The average molecular weight is 289 g/mol. The quantitative estimate of drug-likeness (QED) is 0.916. The van der Waals surface area contributed by atoms with Crippen LogP contribution in [0.2, 0.25) is 0 Å². The molecule has 0 unspecified atom stereocenters. The van der Waals surface area contributed by atoms with Crippen molar-refractivity contribution in [1.29, 1.82) is 0 Å². The number of rotatable bonds is 4. The molecule has 1 saturated heterocycles. The second-order valence-electron chi connectivity index (χ2n) is 6.09. The van der Waals surface area contributed by atoms with Crippen LogP contribution in [-0.4, -0.2) is 56.2 Å². The second-order valence-corrected chi connectivity index (χ2v) is 6.09. The molecule has 1 N–H and O–H groups in total. The molecule has 0 aliphatic carbocycles. The Morgan fingerprint density at radius 2 is 2.05 bits per heavy atom. The maximum Gasteiger partial charge on any atom is 0.119 e. The molecule has 4 nitrogen and oxygen atoms in total. The highest BCUT2D eigenvalue weighted by Crippen LogP contribution is 2.30. The highest BCUT2D eigenvalue weighted by molar-refractivity contribution is 5.39. The lowest BCUT2D eigenvalue weighted by atomic mass is 9.94. The summed E-state index contributed by atoms with van der Waals surface area (Å²) < 4.78 is 5.35. The van der Waals surface area contributed by atoms with E-state index in [1.807, 2.05) is 0 Å². The second kappa shape index (κ2) is 6.77. The van der Waals surface area contributed by atoms with Gasteiger partial charge < -0.3 is 15.0 Å². The number of ether oxygens (including phenoxy) is 1. The van der Waals surface area contributed by atoms with Crippen molar-refractivity contribution in [3.63, 3.8) is 0 Å². The zero-order valence-corrected chi connectivity index (χ0v) is 13.3. The zero-order chi connectivity index (χ0) is 14.7. The van der Waals surface area contributed by atoms with Crippen LogP contribution >= 0.6 is 0 Å². The van der Waals surface area contributed by atoms with E-state index in [0.29, 0.717) is 6.04 Å². The van der Waals surface area contributed by atoms with E-state index in [4.69, 9.17) is 4.74 Å². The Bertz CT molecular complexity index is 469. The SMILES string of the molecule is CCCN1CCN([C@H]2CNCc3cc(OC)ccc32)CC1. The molecule has 2 heterocycles. The number of nitrogens with one attached hydrogen (secondary N) is 1. The molecule has 1 fully saturated rings. The number of methoxy groups -OCH3 is 1. The van der Waals surface area contributed by atoms with Crippen LogP contribution < -0.4 is 10.1 Å². The van der Waals surface area contributed by atoms with E-state index in [1.165, 1.54) is 50.3 Å². The van der Waals surface area contributed by atoms with Gasteiger partial charge in [0.25, 0.3) is 0 Å². The number of hydrogen-bond acceptors (Lipinski definition) is 4. The van der Waals surface area contributed by atoms with Gasteiger partial charge in [0.2, 0.25) is 0 Å². The highest BCUT2D eigenvalue weighted by atomic mass is 16.5. The fraction of sp³-hybridized carbons (Fsp3) is 0.647. The van der Waals surface area contributed by atoms with Crippen LogP contribution in [0.3, 0.4) is 0 Å². The van der Waals surface area contributed by atoms with Gasteiger partial charge in [0.05, 0.1) is 7.11 Å². The molecule has 3 rings (SSSR count). The molecule has 116 valence electrons. The third kappa shape index (κ3) is 3.23. The van der Waals surface area contributed by atoms with Crippen molar-refractivity contribution < 1.29 is 4.74 Å². The van der Waals surface area contributed by atoms with Gasteiger partial charge >= 0.3 is 0 Å². The first kappa shape index (κ1) is 14.8. The molecule has 0 radical (unpaired) electrons. The van der Waals surface area contributed by atoms with Crippen molar-refractivity contribution in [2.45, 2.75) is 25.9 Å². The molecular formula is C17H27N3O. The highest BCUT2D eigenvalue weighted by Gasteiger charge is 2.28. The Hall–Kier alpha value is -1.10. The Labute approximate surface area is 128 Å². The van der Waals surface area contributed by atoms with E-state index >= 15 is 0 Å². The summed E-state index contributed by atoms with van der Waals surface area (Å²) in [4.78, 5) is 5.23. The van der Waals surface area contributed by atoms with Crippen LogP contribution in [0.15, 0.2) is 18.2 Å². The van der Waals surface area contributed by atoms with Crippen molar-refractivity contribution in [1.82, 2.24) is 15.1 Å². The van der Waals surface area contributed by atoms with E-state index in [1.54, 1.807) is 7.11 Å². The number of nitrogens with zero attached hydrogens (tertiary/aromatic N) is 2. The first-order chi connectivity index (χ1) is 10.3. The first-order valence-electron chi connectivity index (χ1n) is 8.15. The zero-order valence-electron chi connectivity index (χ0n) is 13.3. The molecule has 1 aromatic carbocycles. The summed E-state index contributed by atoms with van der Waals surface area (Å²) in [5.41, 5.74) is 2.88. The summed E-state index contributed by atoms with van der Waals surface area (Å²) >= 11 is 0. The standard InChI is InChI=1S/C17H27N3O/c1-3-6-19-7-9-20(10-8-19)17-13-18-12-14-11-15(21-2)4-5-16(14)17/h4-5,11,17-18H,3,6-10,12-13H2,1-2H3/t17-/m0/s1. The molecule has 0 bridgehead atoms. The smallest absolute Gasteiger partial charge is 0.119 e. The summed E-state index contributed by atoms with van der Waals surface area (Å²) in [5.74, 6) is 0.962. The van der Waals surface area contributed by atoms with Crippen LogP contribution in [0, 0.1) is 0 Å². The van der Waals surface area contributed by atoms with Crippen LogP contribution in [0.5, 0.6) is 5.75 Å². The van der Waals surface area contributed by atoms with E-state index in [-0.39, 0.29) is 0 Å². The van der Waals surface area contributed by atoms with Crippen molar-refractivity contribution in [3.05, 3.63) is 29.3 Å². The molecule has 1 atom stereocenters. The molecule has 1 aromatic rings. The lowest BCUT2D eigenvalue weighted by Crippen LogP contribution is -2.50. The number of piperazine rings is 1. The molecule has 0 saturated carbocycles. The Kier molecular flexibility index (Phi) is 4.78. The van der Waals surface area contributed by atoms with Gasteiger partial charge in [-0.2, -0.15) is 0 Å². The largest absolute Gasteiger partial charge is 0.497 e. The van der Waals surface area contributed by atoms with Crippen LogP contribution in [-0.2, 0) is 6.54 Å². The Morgan fingerprint density at radius 1 is 1.24 bits per heavy atom. The molecule has 21 heavy (non-hydrogen) atoms. The van der Waals surface area contributed by atoms with Gasteiger partial charge in [-0.25, -0.2) is 0 Å². The summed E-state index contributed by atoms with van der Waals surface area (Å²) in [6.07, 6.45) is 1.26. The van der Waals surface area contributed by atoms with Gasteiger partial charge in [0.15, 0.2) is 0 Å². The van der Waals surface area contributed by atoms with E-state index in [0.717, 1.165) is 18.8 Å². The van der Waals surface area contributed by atoms with Crippen molar-refractivity contribution in [2.24, 2.45) is 0 Å². The predicted molar refractivity (Wildman–Crippen MR) is 85.7 cm³/mol. The maximum atomic E-state index is 5.35. The minimum atomic E-state index is 0.517. The van der Waals surface area contributed by atoms with Crippen molar-refractivity contribution in [3.8, 4) is 5.75 Å². The van der Waals surface area contributed by atoms with Gasteiger partial charge in [-0.15, -0.1) is 0 Å². The fourth-order valence-corrected chi connectivity index (χ4v) is 3.58. The van der Waals surface area contributed by atoms with Crippen molar-refractivity contribution >= 4 is 0 Å². The number of hydrogen-bond donors (Lipinski definition) is 1. The summed E-state index contributed by atoms with van der Waals surface area (Å²) in [5, 5.41) is 3.57. The maximum absolute atomic E-state index is 5.35. The summed E-state index contributed by atoms with van der Waals surface area (Å²) in [7, 11) is 1.74. The number of benzene rings is 1. The molecule has 2 aliphatic heterocycles. The third-order valence-corrected chi connectivity index (χ3v) is 4.75. The minimum Gasteiger partial charge on any atom is -0.497 e.